The van der Waals surface area contributed by atoms with Crippen molar-refractivity contribution in [1.82, 2.24) is 9.78 Å². The fraction of sp³-hybridized carbons (Fsp3) is 0.438. The Morgan fingerprint density at radius 1 is 1.43 bits per heavy atom. The van der Waals surface area contributed by atoms with Crippen LogP contribution in [0.25, 0.3) is 0 Å². The fourth-order valence-corrected chi connectivity index (χ4v) is 2.61. The highest BCUT2D eigenvalue weighted by molar-refractivity contribution is 6.31. The molecule has 21 heavy (non-hydrogen) atoms. The third-order valence-electron chi connectivity index (χ3n) is 3.43. The highest BCUT2D eigenvalue weighted by Gasteiger charge is 2.17. The van der Waals surface area contributed by atoms with Crippen LogP contribution < -0.4 is 10.5 Å². The number of halogens is 1. The van der Waals surface area contributed by atoms with Crippen LogP contribution in [0.5, 0.6) is 11.6 Å². The summed E-state index contributed by atoms with van der Waals surface area (Å²) < 4.78 is 7.80. The van der Waals surface area contributed by atoms with Gasteiger partial charge >= 0.3 is 0 Å². The van der Waals surface area contributed by atoms with Gasteiger partial charge in [-0.25, -0.2) is 4.68 Å². The lowest BCUT2D eigenvalue weighted by molar-refractivity contribution is 0.424. The van der Waals surface area contributed by atoms with Crippen molar-refractivity contribution >= 4 is 11.6 Å². The molecule has 1 atom stereocenters. The minimum absolute atomic E-state index is 0.0617. The van der Waals surface area contributed by atoms with Gasteiger partial charge in [-0.15, -0.1) is 0 Å². The molecule has 0 radical (unpaired) electrons. The van der Waals surface area contributed by atoms with Crippen LogP contribution in [0.3, 0.4) is 0 Å². The van der Waals surface area contributed by atoms with Gasteiger partial charge < -0.3 is 10.5 Å². The Hall–Kier alpha value is -1.52. The first kappa shape index (κ1) is 15.9. The second kappa shape index (κ2) is 6.50. The molecule has 4 nitrogen and oxygen atoms in total. The van der Waals surface area contributed by atoms with E-state index in [-0.39, 0.29) is 6.04 Å². The van der Waals surface area contributed by atoms with Crippen molar-refractivity contribution in [2.24, 2.45) is 12.8 Å². The van der Waals surface area contributed by atoms with Crippen LogP contribution in [0.1, 0.15) is 30.7 Å². The van der Waals surface area contributed by atoms with Crippen LogP contribution in [0, 0.1) is 6.92 Å². The summed E-state index contributed by atoms with van der Waals surface area (Å²) in [5.74, 6) is 1.51. The van der Waals surface area contributed by atoms with Gasteiger partial charge in [0.1, 0.15) is 5.75 Å². The van der Waals surface area contributed by atoms with E-state index < -0.39 is 0 Å². The summed E-state index contributed by atoms with van der Waals surface area (Å²) in [5.41, 5.74) is 9.00. The highest BCUT2D eigenvalue weighted by atomic mass is 35.5. The minimum atomic E-state index is 0.0617. The van der Waals surface area contributed by atoms with Crippen molar-refractivity contribution in [3.8, 4) is 11.6 Å². The summed E-state index contributed by atoms with van der Waals surface area (Å²) in [7, 11) is 1.88. The van der Waals surface area contributed by atoms with E-state index in [1.807, 2.05) is 39.1 Å². The average Bonchev–Trinajstić information content (AvgIpc) is 2.67. The molecular weight excluding hydrogens is 286 g/mol. The van der Waals surface area contributed by atoms with Crippen LogP contribution in [0.4, 0.5) is 0 Å². The maximum Gasteiger partial charge on any atom is 0.221 e. The zero-order chi connectivity index (χ0) is 15.6. The van der Waals surface area contributed by atoms with Crippen LogP contribution >= 0.6 is 11.6 Å². The topological polar surface area (TPSA) is 53.1 Å². The number of hydrogen-bond donors (Lipinski definition) is 1. The third-order valence-corrected chi connectivity index (χ3v) is 3.80. The minimum Gasteiger partial charge on any atom is -0.439 e. The second-order valence-corrected chi connectivity index (χ2v) is 5.79. The Labute approximate surface area is 130 Å². The zero-order valence-corrected chi connectivity index (χ0v) is 13.7. The van der Waals surface area contributed by atoms with Crippen molar-refractivity contribution in [3.63, 3.8) is 0 Å². The summed E-state index contributed by atoms with van der Waals surface area (Å²) in [4.78, 5) is 0. The van der Waals surface area contributed by atoms with Crippen molar-refractivity contribution in [3.05, 3.63) is 40.0 Å². The van der Waals surface area contributed by atoms with Crippen LogP contribution in [0.15, 0.2) is 18.2 Å². The van der Waals surface area contributed by atoms with Crippen LogP contribution in [-0.4, -0.2) is 15.8 Å². The van der Waals surface area contributed by atoms with E-state index in [2.05, 4.69) is 12.0 Å². The van der Waals surface area contributed by atoms with Gasteiger partial charge in [0.05, 0.1) is 5.69 Å². The van der Waals surface area contributed by atoms with Gasteiger partial charge in [-0.1, -0.05) is 18.5 Å². The Kier molecular flexibility index (Phi) is 4.91. The van der Waals surface area contributed by atoms with E-state index in [0.717, 1.165) is 46.3 Å². The molecule has 0 fully saturated rings. The van der Waals surface area contributed by atoms with Crippen LogP contribution in [0.2, 0.25) is 5.02 Å². The van der Waals surface area contributed by atoms with Crippen molar-refractivity contribution < 1.29 is 4.74 Å². The molecule has 0 aliphatic carbocycles. The molecule has 0 bridgehead atoms. The number of nitrogens with two attached hydrogens (primary N) is 1. The molecule has 114 valence electrons. The first-order valence-electron chi connectivity index (χ1n) is 7.16. The molecular formula is C16H22ClN3O. The molecule has 0 aliphatic heterocycles. The molecule has 2 N–H and O–H groups in total. The van der Waals surface area contributed by atoms with E-state index in [1.54, 1.807) is 4.68 Å². The van der Waals surface area contributed by atoms with E-state index in [1.165, 1.54) is 0 Å². The molecule has 0 saturated carbocycles. The first-order valence-corrected chi connectivity index (χ1v) is 7.54. The molecule has 5 heteroatoms. The molecule has 0 aliphatic rings. The van der Waals surface area contributed by atoms with E-state index in [0.29, 0.717) is 0 Å². The predicted octanol–water partition coefficient (Wildman–Crippen LogP) is 3.63. The summed E-state index contributed by atoms with van der Waals surface area (Å²) in [6.45, 7) is 6.03. The Morgan fingerprint density at radius 2 is 2.14 bits per heavy atom. The van der Waals surface area contributed by atoms with Gasteiger partial charge in [0.25, 0.3) is 0 Å². The van der Waals surface area contributed by atoms with Gasteiger partial charge in [0.15, 0.2) is 0 Å². The van der Waals surface area contributed by atoms with Crippen LogP contribution in [-0.2, 0) is 19.9 Å². The lowest BCUT2D eigenvalue weighted by Crippen LogP contribution is -2.18. The van der Waals surface area contributed by atoms with Crippen molar-refractivity contribution in [1.29, 1.82) is 0 Å². The predicted molar refractivity (Wildman–Crippen MR) is 86.2 cm³/mol. The van der Waals surface area contributed by atoms with E-state index in [9.17, 15) is 0 Å². The number of aromatic nitrogens is 2. The number of ether oxygens (including phenoxy) is 1. The molecule has 0 spiro atoms. The van der Waals surface area contributed by atoms with Gasteiger partial charge in [-0.05, 0) is 50.5 Å². The lowest BCUT2D eigenvalue weighted by Gasteiger charge is -2.12. The van der Waals surface area contributed by atoms with E-state index in [4.69, 9.17) is 22.1 Å². The molecule has 1 aromatic heterocycles. The number of benzene rings is 1. The maximum atomic E-state index is 6.15. The fourth-order valence-electron chi connectivity index (χ4n) is 2.36. The van der Waals surface area contributed by atoms with E-state index >= 15 is 0 Å². The molecule has 0 saturated heterocycles. The number of rotatable bonds is 5. The monoisotopic (exact) mass is 307 g/mol. The number of hydrogen-bond acceptors (Lipinski definition) is 3. The Morgan fingerprint density at radius 3 is 2.76 bits per heavy atom. The summed E-state index contributed by atoms with van der Waals surface area (Å²) in [6, 6.07) is 5.77. The smallest absolute Gasteiger partial charge is 0.221 e. The standard InChI is InChI=1S/C16H22ClN3O/c1-5-12-9-13(6-7-15(12)17)21-16-14(8-10(2)18)11(3)19-20(16)4/h6-7,9-10H,5,8,18H2,1-4H3. The third kappa shape index (κ3) is 3.57. The summed E-state index contributed by atoms with van der Waals surface area (Å²) >= 11 is 6.15. The maximum absolute atomic E-state index is 6.15. The summed E-state index contributed by atoms with van der Waals surface area (Å²) in [6.07, 6.45) is 1.61. The molecule has 0 amide bonds. The van der Waals surface area contributed by atoms with Gasteiger partial charge in [0.2, 0.25) is 5.88 Å². The lowest BCUT2D eigenvalue weighted by atomic mass is 10.1. The Bertz CT molecular complexity index is 635. The molecule has 1 aromatic carbocycles. The second-order valence-electron chi connectivity index (χ2n) is 5.38. The molecule has 2 aromatic rings. The van der Waals surface area contributed by atoms with Gasteiger partial charge in [0, 0.05) is 23.7 Å². The highest BCUT2D eigenvalue weighted by Crippen LogP contribution is 2.30. The molecule has 1 unspecified atom stereocenters. The molecule has 1 heterocycles. The quantitative estimate of drug-likeness (QED) is 0.917. The zero-order valence-electron chi connectivity index (χ0n) is 13.0. The largest absolute Gasteiger partial charge is 0.439 e. The normalized spacial score (nSPS) is 12.5. The van der Waals surface area contributed by atoms with Crippen molar-refractivity contribution in [2.45, 2.75) is 39.7 Å². The SMILES string of the molecule is CCc1cc(Oc2c(CC(C)N)c(C)nn2C)ccc1Cl. The molecule has 2 rings (SSSR count). The van der Waals surface area contributed by atoms with Gasteiger partial charge in [-0.3, -0.25) is 0 Å². The van der Waals surface area contributed by atoms with Gasteiger partial charge in [-0.2, -0.15) is 5.10 Å². The average molecular weight is 308 g/mol. The number of aryl methyl sites for hydroxylation is 3. The number of nitrogens with zero attached hydrogens (tertiary/aromatic N) is 2. The first-order chi connectivity index (χ1) is 9.92. The summed E-state index contributed by atoms with van der Waals surface area (Å²) in [5, 5.41) is 5.20. The van der Waals surface area contributed by atoms with Crippen molar-refractivity contribution in [2.75, 3.05) is 0 Å². The Balaban J connectivity index is 2.35.